The summed E-state index contributed by atoms with van der Waals surface area (Å²) in [4.78, 5) is 15.4. The topological polar surface area (TPSA) is 69.7 Å². The third-order valence-corrected chi connectivity index (χ3v) is 7.43. The minimum Gasteiger partial charge on any atom is -0.350 e. The predicted octanol–water partition coefficient (Wildman–Crippen LogP) is 4.45. The van der Waals surface area contributed by atoms with Crippen LogP contribution in [0.25, 0.3) is 0 Å². The molecule has 0 radical (unpaired) electrons. The van der Waals surface area contributed by atoms with E-state index in [1.54, 1.807) is 6.07 Å². The molecule has 2 aromatic carbocycles. The molecule has 174 valence electrons. The Morgan fingerprint density at radius 2 is 1.75 bits per heavy atom. The van der Waals surface area contributed by atoms with Gasteiger partial charge in [0.25, 0.3) is 0 Å². The number of hydrogen-bond acceptors (Lipinski definition) is 4. The Labute approximate surface area is 200 Å². The summed E-state index contributed by atoms with van der Waals surface area (Å²) in [7, 11) is -3.79. The van der Waals surface area contributed by atoms with E-state index in [1.165, 1.54) is 43.9 Å². The highest BCUT2D eigenvalue weighted by atomic mass is 35.5. The van der Waals surface area contributed by atoms with Gasteiger partial charge in [0, 0.05) is 18.1 Å². The van der Waals surface area contributed by atoms with Crippen LogP contribution < -0.4 is 9.62 Å². The highest BCUT2D eigenvalue weighted by Crippen LogP contribution is 2.32. The maximum absolute atomic E-state index is 13.0. The number of benzene rings is 2. The van der Waals surface area contributed by atoms with Crippen molar-refractivity contribution in [3.63, 3.8) is 0 Å². The van der Waals surface area contributed by atoms with Crippen molar-refractivity contribution in [2.45, 2.75) is 45.3 Å². The molecular formula is C23H29Cl2N3O3S. The summed E-state index contributed by atoms with van der Waals surface area (Å²) < 4.78 is 26.1. The van der Waals surface area contributed by atoms with Gasteiger partial charge in [-0.1, -0.05) is 53.9 Å². The SMILES string of the molecule is C[C@@H](C(=O)NCc1ccccc1CN1CCCCC1)N(c1cc(Cl)ccc1Cl)S(C)(=O)=O. The van der Waals surface area contributed by atoms with Crippen LogP contribution in [0.2, 0.25) is 10.0 Å². The van der Waals surface area contributed by atoms with Crippen LogP contribution in [0.5, 0.6) is 0 Å². The molecule has 0 saturated carbocycles. The molecule has 1 fully saturated rings. The Morgan fingerprint density at radius 3 is 2.41 bits per heavy atom. The Bertz CT molecular complexity index is 1060. The zero-order valence-electron chi connectivity index (χ0n) is 18.4. The number of nitrogens with zero attached hydrogens (tertiary/aromatic N) is 2. The van der Waals surface area contributed by atoms with E-state index in [4.69, 9.17) is 23.2 Å². The van der Waals surface area contributed by atoms with Gasteiger partial charge in [0.05, 0.1) is 17.0 Å². The van der Waals surface area contributed by atoms with Crippen molar-refractivity contribution in [3.05, 3.63) is 63.6 Å². The molecule has 0 bridgehead atoms. The van der Waals surface area contributed by atoms with Crippen molar-refractivity contribution in [2.24, 2.45) is 0 Å². The van der Waals surface area contributed by atoms with Crippen LogP contribution in [0, 0.1) is 0 Å². The molecule has 1 N–H and O–H groups in total. The molecule has 3 rings (SSSR count). The third kappa shape index (κ3) is 6.38. The van der Waals surface area contributed by atoms with E-state index < -0.39 is 22.0 Å². The number of hydrogen-bond donors (Lipinski definition) is 1. The van der Waals surface area contributed by atoms with Crippen molar-refractivity contribution in [1.82, 2.24) is 10.2 Å². The van der Waals surface area contributed by atoms with Crippen molar-refractivity contribution in [1.29, 1.82) is 0 Å². The first-order valence-corrected chi connectivity index (χ1v) is 13.3. The molecule has 32 heavy (non-hydrogen) atoms. The molecule has 1 heterocycles. The van der Waals surface area contributed by atoms with Gasteiger partial charge in [0.1, 0.15) is 6.04 Å². The van der Waals surface area contributed by atoms with Crippen LogP contribution in [-0.2, 0) is 27.9 Å². The Kier molecular flexibility index (Phi) is 8.44. The number of likely N-dealkylation sites (tertiary alicyclic amines) is 1. The first-order valence-electron chi connectivity index (χ1n) is 10.7. The monoisotopic (exact) mass is 497 g/mol. The highest BCUT2D eigenvalue weighted by Gasteiger charge is 2.30. The second-order valence-corrected chi connectivity index (χ2v) is 10.9. The van der Waals surface area contributed by atoms with Crippen molar-refractivity contribution in [2.75, 3.05) is 23.7 Å². The fourth-order valence-electron chi connectivity index (χ4n) is 4.01. The van der Waals surface area contributed by atoms with Crippen molar-refractivity contribution < 1.29 is 13.2 Å². The molecule has 0 aliphatic carbocycles. The molecule has 0 aromatic heterocycles. The van der Waals surface area contributed by atoms with Crippen LogP contribution >= 0.6 is 23.2 Å². The Hall–Kier alpha value is -1.80. The van der Waals surface area contributed by atoms with Gasteiger partial charge in [-0.3, -0.25) is 14.0 Å². The number of rotatable bonds is 8. The number of sulfonamides is 1. The quantitative estimate of drug-likeness (QED) is 0.584. The van der Waals surface area contributed by atoms with Gasteiger partial charge < -0.3 is 5.32 Å². The average Bonchev–Trinajstić information content (AvgIpc) is 2.75. The lowest BCUT2D eigenvalue weighted by Gasteiger charge is -2.29. The summed E-state index contributed by atoms with van der Waals surface area (Å²) in [5.74, 6) is -0.417. The molecule has 1 amide bonds. The second-order valence-electron chi connectivity index (χ2n) is 8.15. The van der Waals surface area contributed by atoms with E-state index >= 15 is 0 Å². The number of piperidine rings is 1. The Morgan fingerprint density at radius 1 is 1.09 bits per heavy atom. The first kappa shape index (κ1) is 24.8. The minimum absolute atomic E-state index is 0.176. The molecule has 2 aromatic rings. The molecule has 1 atom stereocenters. The van der Waals surface area contributed by atoms with Crippen LogP contribution in [-0.4, -0.2) is 44.6 Å². The Balaban J connectivity index is 1.74. The summed E-state index contributed by atoms with van der Waals surface area (Å²) in [5, 5.41) is 3.42. The first-order chi connectivity index (χ1) is 15.2. The largest absolute Gasteiger partial charge is 0.350 e. The summed E-state index contributed by atoms with van der Waals surface area (Å²) in [6.07, 6.45) is 4.75. The van der Waals surface area contributed by atoms with Gasteiger partial charge in [-0.15, -0.1) is 0 Å². The van der Waals surface area contributed by atoms with E-state index in [2.05, 4.69) is 16.3 Å². The van der Waals surface area contributed by atoms with Crippen LogP contribution in [0.3, 0.4) is 0 Å². The van der Waals surface area contributed by atoms with E-state index in [1.807, 2.05) is 18.2 Å². The molecule has 1 aliphatic heterocycles. The van der Waals surface area contributed by atoms with Gasteiger partial charge in [-0.25, -0.2) is 8.42 Å². The van der Waals surface area contributed by atoms with Gasteiger partial charge in [0.2, 0.25) is 15.9 Å². The van der Waals surface area contributed by atoms with Crippen molar-refractivity contribution in [3.8, 4) is 0 Å². The molecule has 1 aliphatic rings. The molecule has 0 unspecified atom stereocenters. The molecule has 9 heteroatoms. The molecule has 1 saturated heterocycles. The lowest BCUT2D eigenvalue weighted by atomic mass is 10.0. The van der Waals surface area contributed by atoms with Crippen molar-refractivity contribution >= 4 is 44.8 Å². The number of carbonyl (C=O) groups excluding carboxylic acids is 1. The molecular weight excluding hydrogens is 469 g/mol. The second kappa shape index (κ2) is 10.9. The molecule has 0 spiro atoms. The summed E-state index contributed by atoms with van der Waals surface area (Å²) >= 11 is 12.3. The van der Waals surface area contributed by atoms with Crippen LogP contribution in [0.1, 0.15) is 37.3 Å². The van der Waals surface area contributed by atoms with E-state index in [0.717, 1.165) is 35.8 Å². The zero-order valence-corrected chi connectivity index (χ0v) is 20.7. The maximum atomic E-state index is 13.0. The average molecular weight is 498 g/mol. The normalized spacial score (nSPS) is 15.9. The van der Waals surface area contributed by atoms with Crippen LogP contribution in [0.4, 0.5) is 5.69 Å². The fraction of sp³-hybridized carbons (Fsp3) is 0.435. The number of anilines is 1. The highest BCUT2D eigenvalue weighted by molar-refractivity contribution is 7.92. The van der Waals surface area contributed by atoms with Gasteiger partial charge >= 0.3 is 0 Å². The number of amides is 1. The van der Waals surface area contributed by atoms with E-state index in [-0.39, 0.29) is 10.7 Å². The van der Waals surface area contributed by atoms with E-state index in [0.29, 0.717) is 11.6 Å². The number of nitrogens with one attached hydrogen (secondary N) is 1. The van der Waals surface area contributed by atoms with Crippen LogP contribution in [0.15, 0.2) is 42.5 Å². The standard InChI is InChI=1S/C23H29Cl2N3O3S/c1-17(28(32(2,30)31)22-14-20(24)10-11-21(22)25)23(29)26-15-18-8-4-5-9-19(18)16-27-12-6-3-7-13-27/h4-5,8-11,14,17H,3,6-7,12-13,15-16H2,1-2H3,(H,26,29)/t17-/m0/s1. The maximum Gasteiger partial charge on any atom is 0.243 e. The lowest BCUT2D eigenvalue weighted by molar-refractivity contribution is -0.122. The zero-order chi connectivity index (χ0) is 23.3. The summed E-state index contributed by atoms with van der Waals surface area (Å²) in [6.45, 7) is 4.86. The lowest BCUT2D eigenvalue weighted by Crippen LogP contribution is -2.47. The fourth-order valence-corrected chi connectivity index (χ4v) is 5.61. The minimum atomic E-state index is -3.79. The van der Waals surface area contributed by atoms with E-state index in [9.17, 15) is 13.2 Å². The predicted molar refractivity (Wildman–Crippen MR) is 131 cm³/mol. The van der Waals surface area contributed by atoms with Gasteiger partial charge in [-0.05, 0) is 62.2 Å². The third-order valence-electron chi connectivity index (χ3n) is 5.65. The smallest absolute Gasteiger partial charge is 0.243 e. The summed E-state index contributed by atoms with van der Waals surface area (Å²) in [6, 6.07) is 11.5. The van der Waals surface area contributed by atoms with Gasteiger partial charge in [0.15, 0.2) is 0 Å². The van der Waals surface area contributed by atoms with Gasteiger partial charge in [-0.2, -0.15) is 0 Å². The molecule has 6 nitrogen and oxygen atoms in total. The number of halogens is 2. The summed E-state index contributed by atoms with van der Waals surface area (Å²) in [5.41, 5.74) is 2.36. The number of carbonyl (C=O) groups is 1.